The van der Waals surface area contributed by atoms with Crippen LogP contribution < -0.4 is 10.6 Å². The number of furan rings is 1. The van der Waals surface area contributed by atoms with Gasteiger partial charge < -0.3 is 19.8 Å². The van der Waals surface area contributed by atoms with Crippen molar-refractivity contribution in [3.63, 3.8) is 0 Å². The summed E-state index contributed by atoms with van der Waals surface area (Å²) in [5.74, 6) is -0.620. The van der Waals surface area contributed by atoms with Gasteiger partial charge in [-0.05, 0) is 37.1 Å². The van der Waals surface area contributed by atoms with Gasteiger partial charge in [-0.3, -0.25) is 14.5 Å². The summed E-state index contributed by atoms with van der Waals surface area (Å²) in [5.41, 5.74) is 0.748. The number of nitrogens with one attached hydrogen (secondary N) is 2. The number of nitrogens with zero attached hydrogens (tertiary/aromatic N) is 1. The number of hydrogen-bond acceptors (Lipinski definition) is 6. The van der Waals surface area contributed by atoms with Crippen LogP contribution in [0, 0.1) is 0 Å². The van der Waals surface area contributed by atoms with E-state index in [0.717, 1.165) is 12.8 Å². The summed E-state index contributed by atoms with van der Waals surface area (Å²) >= 11 is 0. The third-order valence-corrected chi connectivity index (χ3v) is 4.64. The Morgan fingerprint density at radius 1 is 1.14 bits per heavy atom. The van der Waals surface area contributed by atoms with Gasteiger partial charge in [0.15, 0.2) is 5.76 Å². The van der Waals surface area contributed by atoms with Crippen molar-refractivity contribution in [3.8, 4) is 0 Å². The highest BCUT2D eigenvalue weighted by molar-refractivity contribution is 6.01. The Bertz CT molecular complexity index is 826. The second kappa shape index (κ2) is 9.18. The van der Waals surface area contributed by atoms with Crippen LogP contribution in [0.5, 0.6) is 0 Å². The molecule has 1 aliphatic heterocycles. The minimum absolute atomic E-state index is 0.0527. The van der Waals surface area contributed by atoms with Gasteiger partial charge >= 0.3 is 5.97 Å². The zero-order chi connectivity index (χ0) is 19.9. The van der Waals surface area contributed by atoms with Crippen LogP contribution in [0.4, 0.5) is 5.69 Å². The maximum absolute atomic E-state index is 12.4. The van der Waals surface area contributed by atoms with Crippen LogP contribution >= 0.6 is 0 Å². The van der Waals surface area contributed by atoms with Gasteiger partial charge in [0, 0.05) is 19.1 Å². The number of esters is 1. The summed E-state index contributed by atoms with van der Waals surface area (Å²) < 4.78 is 9.83. The summed E-state index contributed by atoms with van der Waals surface area (Å²) in [6, 6.07) is 10.1. The summed E-state index contributed by atoms with van der Waals surface area (Å²) in [6.07, 6.45) is 2.96. The predicted molar refractivity (Wildman–Crippen MR) is 102 cm³/mol. The lowest BCUT2D eigenvalue weighted by Gasteiger charge is -2.31. The molecule has 2 N–H and O–H groups in total. The molecule has 28 heavy (non-hydrogen) atoms. The molecule has 0 unspecified atom stereocenters. The smallest absolute Gasteiger partial charge is 0.339 e. The zero-order valence-corrected chi connectivity index (χ0v) is 15.6. The van der Waals surface area contributed by atoms with E-state index in [1.807, 2.05) is 4.90 Å². The lowest BCUT2D eigenvalue weighted by atomic mass is 10.0. The summed E-state index contributed by atoms with van der Waals surface area (Å²) in [7, 11) is 1.30. The normalized spacial score (nSPS) is 15.0. The summed E-state index contributed by atoms with van der Waals surface area (Å²) in [5, 5.41) is 5.72. The molecule has 0 radical (unpaired) electrons. The van der Waals surface area contributed by atoms with Crippen LogP contribution in [0.25, 0.3) is 0 Å². The number of likely N-dealkylation sites (tertiary alicyclic amines) is 1. The van der Waals surface area contributed by atoms with Crippen LogP contribution in [0.3, 0.4) is 0 Å². The largest absolute Gasteiger partial charge is 0.465 e. The molecule has 2 amide bonds. The third kappa shape index (κ3) is 4.98. The topological polar surface area (TPSA) is 101 Å². The molecule has 3 rings (SSSR count). The first-order valence-electron chi connectivity index (χ1n) is 9.10. The molecule has 8 heteroatoms. The van der Waals surface area contributed by atoms with Gasteiger partial charge in [-0.2, -0.15) is 0 Å². The van der Waals surface area contributed by atoms with Gasteiger partial charge in [0.25, 0.3) is 5.91 Å². The Morgan fingerprint density at radius 3 is 2.57 bits per heavy atom. The van der Waals surface area contributed by atoms with Crippen LogP contribution in [0.15, 0.2) is 47.1 Å². The number of rotatable bonds is 6. The zero-order valence-electron chi connectivity index (χ0n) is 15.6. The average molecular weight is 385 g/mol. The number of para-hydroxylation sites is 1. The molecule has 1 aromatic heterocycles. The Kier molecular flexibility index (Phi) is 6.44. The van der Waals surface area contributed by atoms with Crippen molar-refractivity contribution >= 4 is 23.5 Å². The Morgan fingerprint density at radius 2 is 1.89 bits per heavy atom. The van der Waals surface area contributed by atoms with E-state index in [0.29, 0.717) is 30.1 Å². The van der Waals surface area contributed by atoms with Gasteiger partial charge in [0.2, 0.25) is 5.91 Å². The van der Waals surface area contributed by atoms with Crippen molar-refractivity contribution in [1.82, 2.24) is 10.2 Å². The van der Waals surface area contributed by atoms with E-state index in [2.05, 4.69) is 10.6 Å². The standard InChI is InChI=1S/C20H23N3O5/c1-27-20(26)15-5-2-3-6-16(15)22-18(24)13-23-10-8-14(9-11-23)21-19(25)17-7-4-12-28-17/h2-7,12,14H,8-11,13H2,1H3,(H,21,25)(H,22,24). The SMILES string of the molecule is COC(=O)c1ccccc1NC(=O)CN1CCC(NC(=O)c2ccco2)CC1. The molecule has 2 heterocycles. The number of ether oxygens (including phenoxy) is 1. The molecule has 2 aromatic rings. The van der Waals surface area contributed by atoms with Gasteiger partial charge in [-0.1, -0.05) is 12.1 Å². The highest BCUT2D eigenvalue weighted by atomic mass is 16.5. The fourth-order valence-corrected chi connectivity index (χ4v) is 3.17. The fraction of sp³-hybridized carbons (Fsp3) is 0.350. The van der Waals surface area contributed by atoms with Crippen molar-refractivity contribution in [1.29, 1.82) is 0 Å². The number of benzene rings is 1. The fourth-order valence-electron chi connectivity index (χ4n) is 3.17. The van der Waals surface area contributed by atoms with Crippen molar-refractivity contribution in [3.05, 3.63) is 54.0 Å². The Hall–Kier alpha value is -3.13. The molecular formula is C20H23N3O5. The van der Waals surface area contributed by atoms with Crippen LogP contribution in [-0.4, -0.2) is 55.5 Å². The number of carbonyl (C=O) groups is 3. The van der Waals surface area contributed by atoms with Crippen molar-refractivity contribution < 1.29 is 23.5 Å². The monoisotopic (exact) mass is 385 g/mol. The summed E-state index contributed by atoms with van der Waals surface area (Å²) in [6.45, 7) is 1.60. The lowest BCUT2D eigenvalue weighted by molar-refractivity contribution is -0.117. The Labute approximate surface area is 162 Å². The van der Waals surface area contributed by atoms with Crippen LogP contribution in [0.2, 0.25) is 0 Å². The minimum atomic E-state index is -0.496. The molecule has 1 fully saturated rings. The summed E-state index contributed by atoms with van der Waals surface area (Å²) in [4.78, 5) is 38.2. The van der Waals surface area contributed by atoms with Gasteiger partial charge in [-0.15, -0.1) is 0 Å². The molecule has 148 valence electrons. The quantitative estimate of drug-likeness (QED) is 0.737. The first-order valence-corrected chi connectivity index (χ1v) is 9.10. The number of carbonyl (C=O) groups excluding carboxylic acids is 3. The maximum Gasteiger partial charge on any atom is 0.339 e. The van der Waals surface area contributed by atoms with Crippen molar-refractivity contribution in [2.75, 3.05) is 32.1 Å². The molecule has 0 bridgehead atoms. The second-order valence-corrected chi connectivity index (χ2v) is 6.59. The second-order valence-electron chi connectivity index (χ2n) is 6.59. The van der Waals surface area contributed by atoms with Gasteiger partial charge in [-0.25, -0.2) is 4.79 Å². The van der Waals surface area contributed by atoms with Crippen molar-refractivity contribution in [2.45, 2.75) is 18.9 Å². The van der Waals surface area contributed by atoms with Crippen LogP contribution in [-0.2, 0) is 9.53 Å². The minimum Gasteiger partial charge on any atom is -0.465 e. The molecule has 8 nitrogen and oxygen atoms in total. The number of hydrogen-bond donors (Lipinski definition) is 2. The average Bonchev–Trinajstić information content (AvgIpc) is 3.24. The highest BCUT2D eigenvalue weighted by Gasteiger charge is 2.23. The van der Waals surface area contributed by atoms with Crippen molar-refractivity contribution in [2.24, 2.45) is 0 Å². The van der Waals surface area contributed by atoms with Gasteiger partial charge in [0.1, 0.15) is 0 Å². The first kappa shape index (κ1) is 19.6. The van der Waals surface area contributed by atoms with E-state index in [4.69, 9.17) is 9.15 Å². The molecule has 1 saturated heterocycles. The number of piperidine rings is 1. The highest BCUT2D eigenvalue weighted by Crippen LogP contribution is 2.17. The van der Waals surface area contributed by atoms with E-state index in [-0.39, 0.29) is 24.4 Å². The number of anilines is 1. The molecule has 0 saturated carbocycles. The van der Waals surface area contributed by atoms with Crippen LogP contribution in [0.1, 0.15) is 33.8 Å². The molecule has 0 atom stereocenters. The number of methoxy groups -OCH3 is 1. The Balaban J connectivity index is 1.47. The number of amides is 2. The van der Waals surface area contributed by atoms with E-state index in [1.54, 1.807) is 36.4 Å². The van der Waals surface area contributed by atoms with E-state index < -0.39 is 5.97 Å². The molecular weight excluding hydrogens is 362 g/mol. The third-order valence-electron chi connectivity index (χ3n) is 4.64. The first-order chi connectivity index (χ1) is 13.6. The van der Waals surface area contributed by atoms with E-state index >= 15 is 0 Å². The lowest BCUT2D eigenvalue weighted by Crippen LogP contribution is -2.46. The van der Waals surface area contributed by atoms with E-state index in [9.17, 15) is 14.4 Å². The van der Waals surface area contributed by atoms with Gasteiger partial charge in [0.05, 0.1) is 31.2 Å². The molecule has 0 aliphatic carbocycles. The molecule has 0 spiro atoms. The molecule has 1 aliphatic rings. The molecule has 1 aromatic carbocycles. The van der Waals surface area contributed by atoms with E-state index in [1.165, 1.54) is 13.4 Å². The maximum atomic E-state index is 12.4. The predicted octanol–water partition coefficient (Wildman–Crippen LogP) is 1.90.